The summed E-state index contributed by atoms with van der Waals surface area (Å²) in [6, 6.07) is 14.3. The number of methoxy groups -OCH3 is 1. The number of carbonyl (C=O) groups is 1. The molecule has 0 saturated carbocycles. The van der Waals surface area contributed by atoms with Crippen LogP contribution < -0.4 is 4.74 Å². The highest BCUT2D eigenvalue weighted by Gasteiger charge is 2.18. The Hall–Kier alpha value is -2.50. The molecule has 0 saturated heterocycles. The molecule has 0 N–H and O–H groups in total. The van der Waals surface area contributed by atoms with Crippen LogP contribution in [-0.4, -0.2) is 29.5 Å². The second-order valence-electron chi connectivity index (χ2n) is 5.37. The van der Waals surface area contributed by atoms with E-state index in [4.69, 9.17) is 32.7 Å². The molecule has 5 nitrogen and oxygen atoms in total. The molecule has 0 aliphatic rings. The van der Waals surface area contributed by atoms with E-state index in [1.54, 1.807) is 36.9 Å². The van der Waals surface area contributed by atoms with Gasteiger partial charge in [-0.25, -0.2) is 9.48 Å². The van der Waals surface area contributed by atoms with Crippen molar-refractivity contribution >= 4 is 29.2 Å². The molecule has 134 valence electrons. The molecule has 26 heavy (non-hydrogen) atoms. The Morgan fingerprint density at radius 1 is 1.08 bits per heavy atom. The summed E-state index contributed by atoms with van der Waals surface area (Å²) in [5.41, 5.74) is 2.45. The molecule has 3 aromatic rings. The highest BCUT2D eigenvalue weighted by molar-refractivity contribution is 6.42. The molecule has 0 atom stereocenters. The maximum Gasteiger partial charge on any atom is 0.358 e. The summed E-state index contributed by atoms with van der Waals surface area (Å²) in [4.78, 5) is 12.1. The number of hydrogen-bond acceptors (Lipinski definition) is 4. The van der Waals surface area contributed by atoms with Crippen LogP contribution in [0.1, 0.15) is 17.4 Å². The average molecular weight is 391 g/mol. The van der Waals surface area contributed by atoms with Crippen LogP contribution in [0.5, 0.6) is 5.75 Å². The minimum absolute atomic E-state index is 0.212. The lowest BCUT2D eigenvalue weighted by Crippen LogP contribution is -2.06. The third-order valence-corrected chi connectivity index (χ3v) is 4.47. The lowest BCUT2D eigenvalue weighted by Gasteiger charge is -2.09. The number of benzene rings is 2. The standard InChI is InChI=1S/C19H16Cl2N2O3/c1-3-26-19(24)17-11-18(12-4-9-15(20)16(21)10-12)23(22-17)13-5-7-14(25-2)8-6-13/h4-11H,3H2,1-2H3. The van der Waals surface area contributed by atoms with Gasteiger partial charge in [0.1, 0.15) is 5.75 Å². The van der Waals surface area contributed by atoms with E-state index in [-0.39, 0.29) is 12.3 Å². The van der Waals surface area contributed by atoms with Crippen LogP contribution in [0, 0.1) is 0 Å². The predicted octanol–water partition coefficient (Wildman–Crippen LogP) is 5.03. The first kappa shape index (κ1) is 18.3. The fourth-order valence-corrected chi connectivity index (χ4v) is 2.77. The van der Waals surface area contributed by atoms with Gasteiger partial charge in [0, 0.05) is 5.56 Å². The Morgan fingerprint density at radius 3 is 2.42 bits per heavy atom. The van der Waals surface area contributed by atoms with Crippen LogP contribution in [0.15, 0.2) is 48.5 Å². The molecule has 2 aromatic carbocycles. The van der Waals surface area contributed by atoms with Crippen molar-refractivity contribution in [2.45, 2.75) is 6.92 Å². The van der Waals surface area contributed by atoms with Crippen molar-refractivity contribution in [2.75, 3.05) is 13.7 Å². The van der Waals surface area contributed by atoms with Gasteiger partial charge in [-0.1, -0.05) is 29.3 Å². The molecular weight excluding hydrogens is 375 g/mol. The maximum atomic E-state index is 12.1. The minimum atomic E-state index is -0.485. The normalized spacial score (nSPS) is 10.6. The SMILES string of the molecule is CCOC(=O)c1cc(-c2ccc(Cl)c(Cl)c2)n(-c2ccc(OC)cc2)n1. The number of aromatic nitrogens is 2. The monoisotopic (exact) mass is 390 g/mol. The van der Waals surface area contributed by atoms with Gasteiger partial charge in [0.25, 0.3) is 0 Å². The zero-order valence-electron chi connectivity index (χ0n) is 14.2. The van der Waals surface area contributed by atoms with Gasteiger partial charge in [-0.05, 0) is 49.4 Å². The molecule has 0 radical (unpaired) electrons. The number of hydrogen-bond donors (Lipinski definition) is 0. The van der Waals surface area contributed by atoms with Crippen LogP contribution in [0.2, 0.25) is 10.0 Å². The molecule has 1 aromatic heterocycles. The van der Waals surface area contributed by atoms with Crippen LogP contribution in [0.25, 0.3) is 16.9 Å². The Morgan fingerprint density at radius 2 is 1.81 bits per heavy atom. The third-order valence-electron chi connectivity index (χ3n) is 3.73. The third kappa shape index (κ3) is 3.69. The highest BCUT2D eigenvalue weighted by atomic mass is 35.5. The van der Waals surface area contributed by atoms with Crippen molar-refractivity contribution < 1.29 is 14.3 Å². The summed E-state index contributed by atoms with van der Waals surface area (Å²) in [5, 5.41) is 5.28. The Balaban J connectivity index is 2.13. The molecule has 0 aliphatic heterocycles. The number of esters is 1. The van der Waals surface area contributed by atoms with E-state index in [1.807, 2.05) is 30.3 Å². The van der Waals surface area contributed by atoms with Gasteiger partial charge in [-0.2, -0.15) is 5.10 Å². The van der Waals surface area contributed by atoms with E-state index in [1.165, 1.54) is 0 Å². The summed E-state index contributed by atoms with van der Waals surface area (Å²) >= 11 is 12.2. The maximum absolute atomic E-state index is 12.1. The van der Waals surface area contributed by atoms with Gasteiger partial charge in [-0.15, -0.1) is 0 Å². The highest BCUT2D eigenvalue weighted by Crippen LogP contribution is 2.31. The van der Waals surface area contributed by atoms with E-state index in [0.717, 1.165) is 17.0 Å². The second kappa shape index (κ2) is 7.81. The van der Waals surface area contributed by atoms with Crippen LogP contribution in [-0.2, 0) is 4.74 Å². The van der Waals surface area contributed by atoms with E-state index < -0.39 is 5.97 Å². The van der Waals surface area contributed by atoms with Gasteiger partial charge in [0.05, 0.1) is 35.1 Å². The van der Waals surface area contributed by atoms with E-state index in [0.29, 0.717) is 15.7 Å². The van der Waals surface area contributed by atoms with Gasteiger partial charge >= 0.3 is 5.97 Å². The van der Waals surface area contributed by atoms with E-state index in [9.17, 15) is 4.79 Å². The molecule has 0 spiro atoms. The first-order chi connectivity index (χ1) is 12.5. The Labute approximate surface area is 161 Å². The molecule has 7 heteroatoms. The summed E-state index contributed by atoms with van der Waals surface area (Å²) in [7, 11) is 1.60. The van der Waals surface area contributed by atoms with Gasteiger partial charge < -0.3 is 9.47 Å². The largest absolute Gasteiger partial charge is 0.497 e. The lowest BCUT2D eigenvalue weighted by molar-refractivity contribution is 0.0519. The van der Waals surface area contributed by atoms with Crippen molar-refractivity contribution in [1.29, 1.82) is 0 Å². The fourth-order valence-electron chi connectivity index (χ4n) is 2.47. The van der Waals surface area contributed by atoms with Crippen LogP contribution in [0.4, 0.5) is 0 Å². The quantitative estimate of drug-likeness (QED) is 0.573. The van der Waals surface area contributed by atoms with Crippen LogP contribution >= 0.6 is 23.2 Å². The molecule has 0 fully saturated rings. The summed E-state index contributed by atoms with van der Waals surface area (Å²) in [6.07, 6.45) is 0. The van der Waals surface area contributed by atoms with E-state index >= 15 is 0 Å². The average Bonchev–Trinajstić information content (AvgIpc) is 3.10. The van der Waals surface area contributed by atoms with Crippen molar-refractivity contribution in [2.24, 2.45) is 0 Å². The summed E-state index contributed by atoms with van der Waals surface area (Å²) in [6.45, 7) is 2.02. The molecule has 3 rings (SSSR count). The first-order valence-corrected chi connectivity index (χ1v) is 8.66. The fraction of sp³-hybridized carbons (Fsp3) is 0.158. The molecule has 0 aliphatic carbocycles. The molecule has 0 bridgehead atoms. The number of ether oxygens (including phenoxy) is 2. The predicted molar refractivity (Wildman–Crippen MR) is 102 cm³/mol. The van der Waals surface area contributed by atoms with Crippen LogP contribution in [0.3, 0.4) is 0 Å². The van der Waals surface area contributed by atoms with Crippen molar-refractivity contribution in [3.05, 3.63) is 64.3 Å². The summed E-state index contributed by atoms with van der Waals surface area (Å²) in [5.74, 6) is 0.240. The lowest BCUT2D eigenvalue weighted by atomic mass is 10.1. The number of halogens is 2. The number of rotatable bonds is 5. The molecule has 0 amide bonds. The zero-order valence-corrected chi connectivity index (χ0v) is 15.7. The minimum Gasteiger partial charge on any atom is -0.497 e. The molecule has 1 heterocycles. The topological polar surface area (TPSA) is 53.4 Å². The summed E-state index contributed by atoms with van der Waals surface area (Å²) < 4.78 is 11.9. The zero-order chi connectivity index (χ0) is 18.7. The Bertz CT molecular complexity index is 936. The molecule has 0 unspecified atom stereocenters. The van der Waals surface area contributed by atoms with E-state index in [2.05, 4.69) is 5.10 Å². The van der Waals surface area contributed by atoms with Gasteiger partial charge in [0.15, 0.2) is 5.69 Å². The van der Waals surface area contributed by atoms with Crippen molar-refractivity contribution in [1.82, 2.24) is 9.78 Å². The van der Waals surface area contributed by atoms with Gasteiger partial charge in [0.2, 0.25) is 0 Å². The Kier molecular flexibility index (Phi) is 5.49. The van der Waals surface area contributed by atoms with Crippen molar-refractivity contribution in [3.63, 3.8) is 0 Å². The smallest absolute Gasteiger partial charge is 0.358 e. The second-order valence-corrected chi connectivity index (χ2v) is 6.19. The number of carbonyl (C=O) groups excluding carboxylic acids is 1. The first-order valence-electron chi connectivity index (χ1n) is 7.90. The van der Waals surface area contributed by atoms with Crippen molar-refractivity contribution in [3.8, 4) is 22.7 Å². The number of nitrogens with zero attached hydrogens (tertiary/aromatic N) is 2. The van der Waals surface area contributed by atoms with Gasteiger partial charge in [-0.3, -0.25) is 0 Å². The molecular formula is C19H16Cl2N2O3.